The number of aryl methyl sites for hydroxylation is 1. The monoisotopic (exact) mass is 261 g/mol. The predicted molar refractivity (Wildman–Crippen MR) is 80.0 cm³/mol. The van der Waals surface area contributed by atoms with E-state index in [4.69, 9.17) is 10.5 Å². The van der Waals surface area contributed by atoms with E-state index in [1.807, 2.05) is 0 Å². The van der Waals surface area contributed by atoms with E-state index in [0.29, 0.717) is 12.6 Å². The Kier molecular flexibility index (Phi) is 5.00. The first-order valence-corrected chi connectivity index (χ1v) is 7.51. The summed E-state index contributed by atoms with van der Waals surface area (Å²) in [7, 11) is 0. The van der Waals surface area contributed by atoms with Crippen molar-refractivity contribution < 1.29 is 4.74 Å². The molecule has 1 aliphatic carbocycles. The van der Waals surface area contributed by atoms with Gasteiger partial charge in [-0.05, 0) is 49.1 Å². The van der Waals surface area contributed by atoms with Crippen molar-refractivity contribution >= 4 is 0 Å². The highest BCUT2D eigenvalue weighted by Gasteiger charge is 2.27. The molecule has 1 aromatic carbocycles. The van der Waals surface area contributed by atoms with Gasteiger partial charge in [-0.1, -0.05) is 38.1 Å². The summed E-state index contributed by atoms with van der Waals surface area (Å²) in [5, 5.41) is 0. The second-order valence-corrected chi connectivity index (χ2v) is 6.26. The molecule has 1 fully saturated rings. The predicted octanol–water partition coefficient (Wildman–Crippen LogP) is 3.84. The number of benzene rings is 1. The van der Waals surface area contributed by atoms with E-state index in [1.54, 1.807) is 0 Å². The van der Waals surface area contributed by atoms with Crippen LogP contribution in [0.1, 0.15) is 50.3 Å². The van der Waals surface area contributed by atoms with Crippen LogP contribution in [-0.4, -0.2) is 12.6 Å². The SMILES string of the molecule is Cc1ccccc1C(CN)OC1CC(C)CC(C)C1. The molecular formula is C17H27NO. The third kappa shape index (κ3) is 3.80. The molecule has 0 radical (unpaired) electrons. The standard InChI is InChI=1S/C17H27NO/c1-12-8-13(2)10-15(9-12)19-17(11-18)16-7-5-4-6-14(16)3/h4-7,12-13,15,17H,8-11,18H2,1-3H3. The van der Waals surface area contributed by atoms with Gasteiger partial charge < -0.3 is 10.5 Å². The van der Waals surface area contributed by atoms with Crippen molar-refractivity contribution in [2.45, 2.75) is 52.2 Å². The average molecular weight is 261 g/mol. The van der Waals surface area contributed by atoms with E-state index < -0.39 is 0 Å². The molecule has 2 heteroatoms. The Morgan fingerprint density at radius 2 is 1.79 bits per heavy atom. The summed E-state index contributed by atoms with van der Waals surface area (Å²) in [6.45, 7) is 7.35. The van der Waals surface area contributed by atoms with E-state index in [0.717, 1.165) is 11.8 Å². The average Bonchev–Trinajstić information content (AvgIpc) is 2.36. The molecule has 0 saturated heterocycles. The van der Waals surface area contributed by atoms with E-state index in [2.05, 4.69) is 45.0 Å². The van der Waals surface area contributed by atoms with Crippen molar-refractivity contribution in [1.29, 1.82) is 0 Å². The molecular weight excluding hydrogens is 234 g/mol. The fourth-order valence-corrected chi connectivity index (χ4v) is 3.42. The van der Waals surface area contributed by atoms with Gasteiger partial charge in [0.2, 0.25) is 0 Å². The summed E-state index contributed by atoms with van der Waals surface area (Å²) in [5.41, 5.74) is 8.45. The topological polar surface area (TPSA) is 35.2 Å². The smallest absolute Gasteiger partial charge is 0.0953 e. The molecule has 1 aliphatic rings. The van der Waals surface area contributed by atoms with Crippen molar-refractivity contribution in [2.75, 3.05) is 6.54 Å². The molecule has 0 aliphatic heterocycles. The number of rotatable bonds is 4. The van der Waals surface area contributed by atoms with Gasteiger partial charge in [-0.2, -0.15) is 0 Å². The van der Waals surface area contributed by atoms with Crippen molar-refractivity contribution in [3.8, 4) is 0 Å². The third-order valence-electron chi connectivity index (χ3n) is 4.24. The molecule has 0 bridgehead atoms. The first-order chi connectivity index (χ1) is 9.10. The highest BCUT2D eigenvalue weighted by Crippen LogP contribution is 2.33. The van der Waals surface area contributed by atoms with E-state index in [9.17, 15) is 0 Å². The Morgan fingerprint density at radius 3 is 2.37 bits per heavy atom. The lowest BCUT2D eigenvalue weighted by Crippen LogP contribution is -2.30. The quantitative estimate of drug-likeness (QED) is 0.894. The summed E-state index contributed by atoms with van der Waals surface area (Å²) in [6.07, 6.45) is 4.09. The molecule has 106 valence electrons. The number of nitrogens with two attached hydrogens (primary N) is 1. The lowest BCUT2D eigenvalue weighted by molar-refractivity contribution is -0.0468. The normalized spacial score (nSPS) is 29.2. The largest absolute Gasteiger partial charge is 0.369 e. The summed E-state index contributed by atoms with van der Waals surface area (Å²) in [4.78, 5) is 0. The first-order valence-electron chi connectivity index (χ1n) is 7.51. The van der Waals surface area contributed by atoms with Crippen LogP contribution in [0.4, 0.5) is 0 Å². The van der Waals surface area contributed by atoms with Crippen LogP contribution in [0.2, 0.25) is 0 Å². The molecule has 1 saturated carbocycles. The second kappa shape index (κ2) is 6.53. The fraction of sp³-hybridized carbons (Fsp3) is 0.647. The first kappa shape index (κ1) is 14.5. The maximum Gasteiger partial charge on any atom is 0.0953 e. The van der Waals surface area contributed by atoms with Crippen LogP contribution < -0.4 is 5.73 Å². The van der Waals surface area contributed by atoms with Crippen molar-refractivity contribution in [1.82, 2.24) is 0 Å². The Balaban J connectivity index is 2.05. The summed E-state index contributed by atoms with van der Waals surface area (Å²) >= 11 is 0. The zero-order chi connectivity index (χ0) is 13.8. The molecule has 19 heavy (non-hydrogen) atoms. The Hall–Kier alpha value is -0.860. The molecule has 2 rings (SSSR count). The van der Waals surface area contributed by atoms with Crippen LogP contribution in [0.15, 0.2) is 24.3 Å². The van der Waals surface area contributed by atoms with Gasteiger partial charge in [0.15, 0.2) is 0 Å². The highest BCUT2D eigenvalue weighted by molar-refractivity contribution is 5.28. The van der Waals surface area contributed by atoms with Crippen molar-refractivity contribution in [2.24, 2.45) is 17.6 Å². The third-order valence-corrected chi connectivity index (χ3v) is 4.24. The van der Waals surface area contributed by atoms with Gasteiger partial charge in [0.1, 0.15) is 0 Å². The maximum absolute atomic E-state index is 6.32. The summed E-state index contributed by atoms with van der Waals surface area (Å²) in [6, 6.07) is 8.41. The molecule has 1 aromatic rings. The van der Waals surface area contributed by atoms with Gasteiger partial charge in [-0.3, -0.25) is 0 Å². The zero-order valence-electron chi connectivity index (χ0n) is 12.4. The van der Waals surface area contributed by atoms with Gasteiger partial charge in [-0.15, -0.1) is 0 Å². The van der Waals surface area contributed by atoms with Crippen LogP contribution in [0.25, 0.3) is 0 Å². The van der Waals surface area contributed by atoms with Crippen LogP contribution in [0.5, 0.6) is 0 Å². The van der Waals surface area contributed by atoms with E-state index in [-0.39, 0.29) is 6.10 Å². The molecule has 3 unspecified atom stereocenters. The zero-order valence-corrected chi connectivity index (χ0v) is 12.4. The number of hydrogen-bond donors (Lipinski definition) is 1. The minimum atomic E-state index is 0.0451. The number of hydrogen-bond acceptors (Lipinski definition) is 2. The van der Waals surface area contributed by atoms with E-state index >= 15 is 0 Å². The van der Waals surface area contributed by atoms with Crippen molar-refractivity contribution in [3.63, 3.8) is 0 Å². The molecule has 2 nitrogen and oxygen atoms in total. The van der Waals surface area contributed by atoms with Gasteiger partial charge >= 0.3 is 0 Å². The molecule has 0 amide bonds. The van der Waals surface area contributed by atoms with Gasteiger partial charge in [0.05, 0.1) is 12.2 Å². The molecule has 0 heterocycles. The lowest BCUT2D eigenvalue weighted by Gasteiger charge is -2.34. The Bertz CT molecular complexity index is 394. The number of ether oxygens (including phenoxy) is 1. The molecule has 3 atom stereocenters. The van der Waals surface area contributed by atoms with Crippen LogP contribution >= 0.6 is 0 Å². The summed E-state index contributed by atoms with van der Waals surface area (Å²) in [5.74, 6) is 1.54. The minimum Gasteiger partial charge on any atom is -0.369 e. The van der Waals surface area contributed by atoms with Crippen LogP contribution in [0, 0.1) is 18.8 Å². The van der Waals surface area contributed by atoms with Gasteiger partial charge in [0.25, 0.3) is 0 Å². The lowest BCUT2D eigenvalue weighted by atomic mass is 9.81. The summed E-state index contributed by atoms with van der Waals surface area (Å²) < 4.78 is 6.32. The van der Waals surface area contributed by atoms with Crippen LogP contribution in [-0.2, 0) is 4.74 Å². The van der Waals surface area contributed by atoms with Gasteiger partial charge in [0, 0.05) is 6.54 Å². The Morgan fingerprint density at radius 1 is 1.16 bits per heavy atom. The second-order valence-electron chi connectivity index (χ2n) is 6.26. The molecule has 0 spiro atoms. The minimum absolute atomic E-state index is 0.0451. The van der Waals surface area contributed by atoms with Crippen LogP contribution in [0.3, 0.4) is 0 Å². The highest BCUT2D eigenvalue weighted by atomic mass is 16.5. The Labute approximate surface area is 117 Å². The molecule has 0 aromatic heterocycles. The fourth-order valence-electron chi connectivity index (χ4n) is 3.42. The van der Waals surface area contributed by atoms with Crippen molar-refractivity contribution in [3.05, 3.63) is 35.4 Å². The molecule has 2 N–H and O–H groups in total. The van der Waals surface area contributed by atoms with E-state index in [1.165, 1.54) is 30.4 Å². The maximum atomic E-state index is 6.32. The van der Waals surface area contributed by atoms with Gasteiger partial charge in [-0.25, -0.2) is 0 Å².